The van der Waals surface area contributed by atoms with Crippen molar-refractivity contribution in [3.05, 3.63) is 41.5 Å². The summed E-state index contributed by atoms with van der Waals surface area (Å²) in [5.74, 6) is -0.221. The fraction of sp³-hybridized carbons (Fsp3) is 0.308. The molecule has 100 valence electrons. The van der Waals surface area contributed by atoms with Crippen molar-refractivity contribution >= 4 is 11.7 Å². The SMILES string of the molecule is CCOC(=O)c1noc(CCc2ccccc2N)n1. The summed E-state index contributed by atoms with van der Waals surface area (Å²) in [5.41, 5.74) is 7.58. The number of rotatable bonds is 5. The van der Waals surface area contributed by atoms with Gasteiger partial charge in [-0.2, -0.15) is 4.98 Å². The van der Waals surface area contributed by atoms with Crippen molar-refractivity contribution in [3.8, 4) is 0 Å². The van der Waals surface area contributed by atoms with Crippen LogP contribution in [0.1, 0.15) is 29.0 Å². The Kier molecular flexibility index (Phi) is 4.12. The van der Waals surface area contributed by atoms with E-state index in [1.54, 1.807) is 6.92 Å². The van der Waals surface area contributed by atoms with Crippen molar-refractivity contribution in [1.82, 2.24) is 10.1 Å². The molecule has 0 aliphatic carbocycles. The number of para-hydroxylation sites is 1. The van der Waals surface area contributed by atoms with Gasteiger partial charge in [0.15, 0.2) is 0 Å². The van der Waals surface area contributed by atoms with Gasteiger partial charge in [-0.1, -0.05) is 18.2 Å². The number of carbonyl (C=O) groups is 1. The van der Waals surface area contributed by atoms with Crippen LogP contribution in [0.5, 0.6) is 0 Å². The average molecular weight is 261 g/mol. The van der Waals surface area contributed by atoms with Crippen LogP contribution in [0.3, 0.4) is 0 Å². The van der Waals surface area contributed by atoms with Crippen LogP contribution in [0, 0.1) is 0 Å². The molecule has 0 aliphatic rings. The number of carbonyl (C=O) groups excluding carboxylic acids is 1. The third-order valence-electron chi connectivity index (χ3n) is 2.59. The van der Waals surface area contributed by atoms with Crippen molar-refractivity contribution in [1.29, 1.82) is 0 Å². The molecule has 0 bridgehead atoms. The van der Waals surface area contributed by atoms with E-state index in [1.165, 1.54) is 0 Å². The average Bonchev–Trinajstić information content (AvgIpc) is 2.87. The number of esters is 1. The zero-order chi connectivity index (χ0) is 13.7. The van der Waals surface area contributed by atoms with Crippen LogP contribution in [-0.4, -0.2) is 22.7 Å². The molecule has 0 aliphatic heterocycles. The standard InChI is InChI=1S/C13H15N3O3/c1-2-18-13(17)12-15-11(19-16-12)8-7-9-5-3-4-6-10(9)14/h3-6H,2,7-8,14H2,1H3. The van der Waals surface area contributed by atoms with Gasteiger partial charge in [0.25, 0.3) is 5.82 Å². The lowest BCUT2D eigenvalue weighted by Gasteiger charge is -2.02. The van der Waals surface area contributed by atoms with Gasteiger partial charge in [-0.05, 0) is 30.1 Å². The van der Waals surface area contributed by atoms with Gasteiger partial charge in [-0.25, -0.2) is 4.79 Å². The smallest absolute Gasteiger partial charge is 0.379 e. The van der Waals surface area contributed by atoms with Crippen molar-refractivity contribution in [2.75, 3.05) is 12.3 Å². The molecule has 1 aromatic carbocycles. The zero-order valence-corrected chi connectivity index (χ0v) is 10.6. The molecule has 0 saturated carbocycles. The van der Waals surface area contributed by atoms with E-state index in [2.05, 4.69) is 10.1 Å². The number of anilines is 1. The van der Waals surface area contributed by atoms with Crippen molar-refractivity contribution in [2.24, 2.45) is 0 Å². The van der Waals surface area contributed by atoms with E-state index in [-0.39, 0.29) is 12.4 Å². The Labute approximate surface area is 110 Å². The molecule has 6 heteroatoms. The quantitative estimate of drug-likeness (QED) is 0.649. The van der Waals surface area contributed by atoms with Gasteiger partial charge in [-0.15, -0.1) is 0 Å². The van der Waals surface area contributed by atoms with Gasteiger partial charge in [0, 0.05) is 12.1 Å². The first-order chi connectivity index (χ1) is 9.20. The molecule has 6 nitrogen and oxygen atoms in total. The van der Waals surface area contributed by atoms with Crippen molar-refractivity contribution < 1.29 is 14.1 Å². The van der Waals surface area contributed by atoms with E-state index in [0.717, 1.165) is 11.3 Å². The Morgan fingerprint density at radius 3 is 2.89 bits per heavy atom. The van der Waals surface area contributed by atoms with Gasteiger partial charge < -0.3 is 15.0 Å². The maximum absolute atomic E-state index is 11.4. The molecule has 0 unspecified atom stereocenters. The predicted molar refractivity (Wildman–Crippen MR) is 68.5 cm³/mol. The molecule has 0 radical (unpaired) electrons. The molecule has 0 saturated heterocycles. The Hall–Kier alpha value is -2.37. The summed E-state index contributed by atoms with van der Waals surface area (Å²) in [6, 6.07) is 7.58. The summed E-state index contributed by atoms with van der Waals surface area (Å²) in [7, 11) is 0. The lowest BCUT2D eigenvalue weighted by molar-refractivity contribution is 0.0508. The second kappa shape index (κ2) is 5.99. The van der Waals surface area contributed by atoms with Gasteiger partial charge in [-0.3, -0.25) is 0 Å². The predicted octanol–water partition coefficient (Wildman–Crippen LogP) is 1.61. The highest BCUT2D eigenvalue weighted by molar-refractivity contribution is 5.84. The topological polar surface area (TPSA) is 91.2 Å². The molecule has 19 heavy (non-hydrogen) atoms. The molecule has 2 N–H and O–H groups in total. The summed E-state index contributed by atoms with van der Waals surface area (Å²) in [6.07, 6.45) is 1.21. The highest BCUT2D eigenvalue weighted by atomic mass is 16.5. The molecule has 0 amide bonds. The lowest BCUT2D eigenvalue weighted by Crippen LogP contribution is -2.06. The summed E-state index contributed by atoms with van der Waals surface area (Å²) in [4.78, 5) is 15.3. The van der Waals surface area contributed by atoms with E-state index in [4.69, 9.17) is 15.0 Å². The van der Waals surface area contributed by atoms with Gasteiger partial charge in [0.05, 0.1) is 6.61 Å². The van der Waals surface area contributed by atoms with Gasteiger partial charge >= 0.3 is 5.97 Å². The van der Waals surface area contributed by atoms with E-state index in [1.807, 2.05) is 24.3 Å². The molecule has 1 heterocycles. The van der Waals surface area contributed by atoms with Crippen LogP contribution >= 0.6 is 0 Å². The summed E-state index contributed by atoms with van der Waals surface area (Å²) >= 11 is 0. The first-order valence-corrected chi connectivity index (χ1v) is 6.03. The van der Waals surface area contributed by atoms with Crippen LogP contribution < -0.4 is 5.73 Å². The van der Waals surface area contributed by atoms with Gasteiger partial charge in [0.2, 0.25) is 5.89 Å². The normalized spacial score (nSPS) is 10.4. The third kappa shape index (κ3) is 3.31. The first kappa shape index (κ1) is 13.1. The van der Waals surface area contributed by atoms with E-state index in [0.29, 0.717) is 18.7 Å². The summed E-state index contributed by atoms with van der Waals surface area (Å²) < 4.78 is 9.77. The first-order valence-electron chi connectivity index (χ1n) is 6.03. The van der Waals surface area contributed by atoms with Crippen LogP contribution in [0.4, 0.5) is 5.69 Å². The van der Waals surface area contributed by atoms with Crippen LogP contribution in [-0.2, 0) is 17.6 Å². The van der Waals surface area contributed by atoms with Crippen LogP contribution in [0.25, 0.3) is 0 Å². The van der Waals surface area contributed by atoms with Gasteiger partial charge in [0.1, 0.15) is 0 Å². The molecule has 1 aromatic heterocycles. The Balaban J connectivity index is 1.97. The van der Waals surface area contributed by atoms with E-state index in [9.17, 15) is 4.79 Å². The molecule has 2 rings (SSSR count). The number of ether oxygens (including phenoxy) is 1. The second-order valence-corrected chi connectivity index (χ2v) is 3.93. The number of hydrogen-bond acceptors (Lipinski definition) is 6. The molecular weight excluding hydrogens is 246 g/mol. The third-order valence-corrected chi connectivity index (χ3v) is 2.59. The lowest BCUT2D eigenvalue weighted by atomic mass is 10.1. The Morgan fingerprint density at radius 1 is 1.37 bits per heavy atom. The largest absolute Gasteiger partial charge is 0.460 e. The molecule has 0 fully saturated rings. The highest BCUT2D eigenvalue weighted by Crippen LogP contribution is 2.13. The number of nitrogens with zero attached hydrogens (tertiary/aromatic N) is 2. The summed E-state index contributed by atoms with van der Waals surface area (Å²) in [5, 5.41) is 3.58. The summed E-state index contributed by atoms with van der Waals surface area (Å²) in [6.45, 7) is 2.00. The number of nitrogens with two attached hydrogens (primary N) is 1. The number of hydrogen-bond donors (Lipinski definition) is 1. The fourth-order valence-electron chi connectivity index (χ4n) is 1.64. The second-order valence-electron chi connectivity index (χ2n) is 3.93. The molecule has 0 atom stereocenters. The molecule has 0 spiro atoms. The number of aryl methyl sites for hydroxylation is 2. The number of aromatic nitrogens is 2. The molecule has 2 aromatic rings. The van der Waals surface area contributed by atoms with E-state index < -0.39 is 5.97 Å². The minimum absolute atomic E-state index is 0.0436. The van der Waals surface area contributed by atoms with Crippen LogP contribution in [0.2, 0.25) is 0 Å². The van der Waals surface area contributed by atoms with E-state index >= 15 is 0 Å². The fourth-order valence-corrected chi connectivity index (χ4v) is 1.64. The maximum Gasteiger partial charge on any atom is 0.379 e. The maximum atomic E-state index is 11.4. The van der Waals surface area contributed by atoms with Crippen molar-refractivity contribution in [2.45, 2.75) is 19.8 Å². The minimum Gasteiger partial charge on any atom is -0.460 e. The monoisotopic (exact) mass is 261 g/mol. The van der Waals surface area contributed by atoms with Crippen LogP contribution in [0.15, 0.2) is 28.8 Å². The number of nitrogen functional groups attached to an aromatic ring is 1. The van der Waals surface area contributed by atoms with Crippen molar-refractivity contribution in [3.63, 3.8) is 0 Å². The highest BCUT2D eigenvalue weighted by Gasteiger charge is 2.15. The Morgan fingerprint density at radius 2 is 2.16 bits per heavy atom. The molecular formula is C13H15N3O3. The zero-order valence-electron chi connectivity index (χ0n) is 10.6. The minimum atomic E-state index is -0.572. The Bertz CT molecular complexity index is 566. The number of benzene rings is 1.